The van der Waals surface area contributed by atoms with Gasteiger partial charge in [-0.1, -0.05) is 0 Å². The highest BCUT2D eigenvalue weighted by Gasteiger charge is 2.10. The molecule has 5 nitrogen and oxygen atoms in total. The Hall–Kier alpha value is -2.30. The van der Waals surface area contributed by atoms with E-state index >= 15 is 0 Å². The largest absolute Gasteiger partial charge is 0.478 e. The first kappa shape index (κ1) is 12.2. The summed E-state index contributed by atoms with van der Waals surface area (Å²) in [5, 5.41) is 12.2. The third-order valence-corrected chi connectivity index (χ3v) is 2.74. The first-order chi connectivity index (χ1) is 8.58. The zero-order valence-electron chi connectivity index (χ0n) is 10.3. The number of pyridine rings is 1. The first-order valence-corrected chi connectivity index (χ1v) is 5.65. The number of carbonyl (C=O) groups is 1. The minimum atomic E-state index is -0.924. The van der Waals surface area contributed by atoms with Gasteiger partial charge in [0.05, 0.1) is 23.5 Å². The molecule has 94 valence electrons. The van der Waals surface area contributed by atoms with Crippen molar-refractivity contribution in [3.63, 3.8) is 0 Å². The van der Waals surface area contributed by atoms with Crippen LogP contribution in [0.25, 0.3) is 0 Å². The molecule has 2 aromatic heterocycles. The van der Waals surface area contributed by atoms with Crippen LogP contribution in [0.1, 0.15) is 27.4 Å². The number of aryl methyl sites for hydroxylation is 2. The Kier molecular flexibility index (Phi) is 3.32. The second kappa shape index (κ2) is 4.91. The maximum absolute atomic E-state index is 10.9. The van der Waals surface area contributed by atoms with E-state index in [0.717, 1.165) is 17.1 Å². The van der Waals surface area contributed by atoms with E-state index in [4.69, 9.17) is 5.11 Å². The molecule has 5 heteroatoms. The van der Waals surface area contributed by atoms with Crippen LogP contribution in [-0.2, 0) is 6.54 Å². The number of hydrogen-bond donors (Lipinski definition) is 3. The molecule has 18 heavy (non-hydrogen) atoms. The van der Waals surface area contributed by atoms with Crippen LogP contribution in [0.3, 0.4) is 0 Å². The minimum absolute atomic E-state index is 0.292. The lowest BCUT2D eigenvalue weighted by Gasteiger charge is -2.09. The molecule has 0 fully saturated rings. The van der Waals surface area contributed by atoms with Crippen molar-refractivity contribution >= 4 is 11.7 Å². The predicted molar refractivity (Wildman–Crippen MR) is 68.8 cm³/mol. The molecule has 0 aromatic carbocycles. The molecular weight excluding hydrogens is 230 g/mol. The topological polar surface area (TPSA) is 78.0 Å². The molecule has 0 saturated carbocycles. The molecular formula is C13H15N3O2. The van der Waals surface area contributed by atoms with E-state index in [-0.39, 0.29) is 0 Å². The molecule has 0 unspecified atom stereocenters. The summed E-state index contributed by atoms with van der Waals surface area (Å²) in [6.45, 7) is 4.28. The Morgan fingerprint density at radius 1 is 1.39 bits per heavy atom. The lowest BCUT2D eigenvalue weighted by Crippen LogP contribution is -2.07. The van der Waals surface area contributed by atoms with Crippen LogP contribution in [-0.4, -0.2) is 21.0 Å². The van der Waals surface area contributed by atoms with Crippen LogP contribution in [0, 0.1) is 13.8 Å². The fraction of sp³-hybridized carbons (Fsp3) is 0.231. The number of carboxylic acid groups (broad SMARTS) is 1. The normalized spacial score (nSPS) is 10.3. The van der Waals surface area contributed by atoms with Gasteiger partial charge in [0.2, 0.25) is 0 Å². The number of aromatic carboxylic acids is 1. The maximum atomic E-state index is 10.9. The number of rotatable bonds is 4. The van der Waals surface area contributed by atoms with Gasteiger partial charge in [0, 0.05) is 17.6 Å². The van der Waals surface area contributed by atoms with E-state index in [1.54, 1.807) is 12.3 Å². The van der Waals surface area contributed by atoms with Gasteiger partial charge in [0.1, 0.15) is 0 Å². The molecule has 0 saturated heterocycles. The third-order valence-electron chi connectivity index (χ3n) is 2.74. The number of nitrogens with zero attached hydrogens (tertiary/aromatic N) is 1. The van der Waals surface area contributed by atoms with E-state index in [9.17, 15) is 4.79 Å². The molecule has 3 N–H and O–H groups in total. The van der Waals surface area contributed by atoms with Gasteiger partial charge >= 0.3 is 5.97 Å². The molecule has 0 aliphatic rings. The first-order valence-electron chi connectivity index (χ1n) is 5.65. The van der Waals surface area contributed by atoms with Crippen LogP contribution in [0.15, 0.2) is 24.4 Å². The second-order valence-electron chi connectivity index (χ2n) is 4.11. The zero-order valence-corrected chi connectivity index (χ0v) is 10.3. The van der Waals surface area contributed by atoms with E-state index in [0.29, 0.717) is 17.8 Å². The number of aromatic nitrogens is 2. The molecule has 0 atom stereocenters. The molecule has 2 aromatic rings. The third kappa shape index (κ3) is 2.51. The highest BCUT2D eigenvalue weighted by atomic mass is 16.4. The number of carboxylic acids is 1. The average Bonchev–Trinajstić information content (AvgIpc) is 2.76. The van der Waals surface area contributed by atoms with Crippen molar-refractivity contribution in [2.45, 2.75) is 20.4 Å². The summed E-state index contributed by atoms with van der Waals surface area (Å²) in [6, 6.07) is 5.42. The molecule has 0 aliphatic carbocycles. The summed E-state index contributed by atoms with van der Waals surface area (Å²) < 4.78 is 0. The summed E-state index contributed by atoms with van der Waals surface area (Å²) in [7, 11) is 0. The summed E-state index contributed by atoms with van der Waals surface area (Å²) in [5.41, 5.74) is 3.72. The van der Waals surface area contributed by atoms with Crippen molar-refractivity contribution in [1.29, 1.82) is 0 Å². The van der Waals surface area contributed by atoms with Crippen molar-refractivity contribution in [3.8, 4) is 0 Å². The van der Waals surface area contributed by atoms with E-state index in [1.165, 1.54) is 0 Å². The fourth-order valence-corrected chi connectivity index (χ4v) is 1.81. The van der Waals surface area contributed by atoms with E-state index in [2.05, 4.69) is 15.3 Å². The van der Waals surface area contributed by atoms with Gasteiger partial charge in [0.15, 0.2) is 0 Å². The van der Waals surface area contributed by atoms with Crippen LogP contribution < -0.4 is 5.32 Å². The van der Waals surface area contributed by atoms with Gasteiger partial charge in [-0.2, -0.15) is 0 Å². The Labute approximate surface area is 105 Å². The Morgan fingerprint density at radius 2 is 2.17 bits per heavy atom. The summed E-state index contributed by atoms with van der Waals surface area (Å²) in [6.07, 6.45) is 1.63. The SMILES string of the molecule is Cc1ccc(NCc2[nH]ccc2C(=O)O)c(C)n1. The number of hydrogen-bond acceptors (Lipinski definition) is 3. The fourth-order valence-electron chi connectivity index (χ4n) is 1.81. The molecule has 2 rings (SSSR count). The van der Waals surface area contributed by atoms with Gasteiger partial charge in [-0.05, 0) is 32.0 Å². The lowest BCUT2D eigenvalue weighted by atomic mass is 10.2. The zero-order chi connectivity index (χ0) is 13.1. The second-order valence-corrected chi connectivity index (χ2v) is 4.11. The highest BCUT2D eigenvalue weighted by molar-refractivity contribution is 5.89. The summed E-state index contributed by atoms with van der Waals surface area (Å²) in [5.74, 6) is -0.924. The smallest absolute Gasteiger partial charge is 0.337 e. The summed E-state index contributed by atoms with van der Waals surface area (Å²) in [4.78, 5) is 18.2. The van der Waals surface area contributed by atoms with Crippen LogP contribution in [0.4, 0.5) is 5.69 Å². The molecule has 0 amide bonds. The highest BCUT2D eigenvalue weighted by Crippen LogP contribution is 2.15. The predicted octanol–water partition coefficient (Wildman–Crippen LogP) is 2.34. The van der Waals surface area contributed by atoms with Gasteiger partial charge in [-0.3, -0.25) is 4.98 Å². The van der Waals surface area contributed by atoms with Gasteiger partial charge in [-0.15, -0.1) is 0 Å². The quantitative estimate of drug-likeness (QED) is 0.772. The Morgan fingerprint density at radius 3 is 2.83 bits per heavy atom. The van der Waals surface area contributed by atoms with Crippen LogP contribution in [0.5, 0.6) is 0 Å². The standard InChI is InChI=1S/C13H15N3O2/c1-8-3-4-11(9(2)16-8)15-7-12-10(13(17)18)5-6-14-12/h3-6,14-15H,7H2,1-2H3,(H,17,18). The number of nitrogens with one attached hydrogen (secondary N) is 2. The monoisotopic (exact) mass is 245 g/mol. The van der Waals surface area contributed by atoms with Gasteiger partial charge in [0.25, 0.3) is 0 Å². The van der Waals surface area contributed by atoms with Crippen molar-refractivity contribution in [3.05, 3.63) is 47.0 Å². The van der Waals surface area contributed by atoms with Gasteiger partial charge in [-0.25, -0.2) is 4.79 Å². The molecule has 0 radical (unpaired) electrons. The van der Waals surface area contributed by atoms with Crippen molar-refractivity contribution in [1.82, 2.24) is 9.97 Å². The van der Waals surface area contributed by atoms with Crippen molar-refractivity contribution in [2.24, 2.45) is 0 Å². The van der Waals surface area contributed by atoms with Crippen LogP contribution in [0.2, 0.25) is 0 Å². The number of H-pyrrole nitrogens is 1. The molecule has 0 spiro atoms. The number of aromatic amines is 1. The maximum Gasteiger partial charge on any atom is 0.337 e. The minimum Gasteiger partial charge on any atom is -0.478 e. The molecule has 0 bridgehead atoms. The van der Waals surface area contributed by atoms with Crippen LogP contribution >= 0.6 is 0 Å². The molecule has 2 heterocycles. The van der Waals surface area contributed by atoms with E-state index < -0.39 is 5.97 Å². The van der Waals surface area contributed by atoms with E-state index in [1.807, 2.05) is 26.0 Å². The molecule has 0 aliphatic heterocycles. The van der Waals surface area contributed by atoms with Crippen molar-refractivity contribution in [2.75, 3.05) is 5.32 Å². The van der Waals surface area contributed by atoms with Gasteiger partial charge < -0.3 is 15.4 Å². The Bertz CT molecular complexity index is 575. The average molecular weight is 245 g/mol. The van der Waals surface area contributed by atoms with Crippen molar-refractivity contribution < 1.29 is 9.90 Å². The summed E-state index contributed by atoms with van der Waals surface area (Å²) >= 11 is 0. The Balaban J connectivity index is 2.11. The number of anilines is 1. The lowest BCUT2D eigenvalue weighted by molar-refractivity contribution is 0.0696.